The Kier molecular flexibility index (Phi) is 6.40. The van der Waals surface area contributed by atoms with Crippen LogP contribution in [0.25, 0.3) is 0 Å². The van der Waals surface area contributed by atoms with Crippen molar-refractivity contribution in [1.82, 2.24) is 0 Å². The molecular weight excluding hydrogens is 160 g/mol. The monoisotopic (exact) mass is 186 g/mol. The van der Waals surface area contributed by atoms with Gasteiger partial charge in [-0.15, -0.1) is 0 Å². The van der Waals surface area contributed by atoms with Gasteiger partial charge in [-0.1, -0.05) is 46.5 Å². The Morgan fingerprint density at radius 2 is 1.85 bits per heavy atom. The molecule has 13 heavy (non-hydrogen) atoms. The van der Waals surface area contributed by atoms with Gasteiger partial charge in [0.25, 0.3) is 0 Å². The van der Waals surface area contributed by atoms with Gasteiger partial charge in [0.15, 0.2) is 0 Å². The smallest absolute Gasteiger partial charge is 0.0617 e. The molecule has 0 aliphatic rings. The lowest BCUT2D eigenvalue weighted by Crippen LogP contribution is -2.22. The molecule has 0 radical (unpaired) electrons. The molecule has 0 aromatic heterocycles. The van der Waals surface area contributed by atoms with E-state index in [0.717, 1.165) is 18.8 Å². The van der Waals surface area contributed by atoms with Crippen molar-refractivity contribution >= 4 is 0 Å². The summed E-state index contributed by atoms with van der Waals surface area (Å²) in [5.74, 6) is 0.831. The van der Waals surface area contributed by atoms with Gasteiger partial charge in [-0.2, -0.15) is 0 Å². The molecule has 0 fully saturated rings. The van der Waals surface area contributed by atoms with Crippen LogP contribution in [0.2, 0.25) is 0 Å². The Hall–Kier alpha value is -0.0400. The standard InChI is InChI=1S/C12H26O/c1-5-8-11(3)9-7-10-12(4,13)6-2/h11,13H,5-10H2,1-4H3. The molecule has 0 amide bonds. The van der Waals surface area contributed by atoms with Crippen LogP contribution in [0.1, 0.15) is 66.2 Å². The Morgan fingerprint density at radius 1 is 1.23 bits per heavy atom. The van der Waals surface area contributed by atoms with Crippen LogP contribution in [0.15, 0.2) is 0 Å². The van der Waals surface area contributed by atoms with Crippen molar-refractivity contribution in [3.63, 3.8) is 0 Å². The average Bonchev–Trinajstić information content (AvgIpc) is 2.05. The minimum Gasteiger partial charge on any atom is -0.390 e. The quantitative estimate of drug-likeness (QED) is 0.642. The van der Waals surface area contributed by atoms with Gasteiger partial charge in [0.1, 0.15) is 0 Å². The van der Waals surface area contributed by atoms with E-state index in [0.29, 0.717) is 0 Å². The van der Waals surface area contributed by atoms with Gasteiger partial charge in [0.2, 0.25) is 0 Å². The maximum absolute atomic E-state index is 9.77. The summed E-state index contributed by atoms with van der Waals surface area (Å²) in [5.41, 5.74) is -0.425. The van der Waals surface area contributed by atoms with Crippen LogP contribution in [0.3, 0.4) is 0 Å². The Labute approximate surface area is 83.5 Å². The number of rotatable bonds is 7. The van der Waals surface area contributed by atoms with E-state index in [2.05, 4.69) is 20.8 Å². The number of aliphatic hydroxyl groups is 1. The van der Waals surface area contributed by atoms with Crippen molar-refractivity contribution in [2.24, 2.45) is 5.92 Å². The third-order valence-electron chi connectivity index (χ3n) is 2.96. The van der Waals surface area contributed by atoms with E-state index < -0.39 is 5.60 Å². The molecular formula is C12H26O. The second-order valence-corrected chi connectivity index (χ2v) is 4.64. The second-order valence-electron chi connectivity index (χ2n) is 4.64. The summed E-state index contributed by atoms with van der Waals surface area (Å²) in [6.07, 6.45) is 6.87. The van der Waals surface area contributed by atoms with Crippen molar-refractivity contribution in [3.05, 3.63) is 0 Å². The lowest BCUT2D eigenvalue weighted by atomic mass is 9.92. The van der Waals surface area contributed by atoms with Gasteiger partial charge < -0.3 is 5.11 Å². The summed E-state index contributed by atoms with van der Waals surface area (Å²) in [5, 5.41) is 9.77. The molecule has 0 heterocycles. The summed E-state index contributed by atoms with van der Waals surface area (Å²) in [6.45, 7) is 8.54. The molecule has 80 valence electrons. The van der Waals surface area contributed by atoms with Gasteiger partial charge in [0, 0.05) is 0 Å². The first-order chi connectivity index (χ1) is 6.02. The van der Waals surface area contributed by atoms with Gasteiger partial charge in [-0.3, -0.25) is 0 Å². The van der Waals surface area contributed by atoms with E-state index >= 15 is 0 Å². The van der Waals surface area contributed by atoms with Crippen LogP contribution in [0, 0.1) is 5.92 Å². The van der Waals surface area contributed by atoms with E-state index in [-0.39, 0.29) is 0 Å². The molecule has 0 rings (SSSR count). The molecule has 0 saturated carbocycles. The van der Waals surface area contributed by atoms with Crippen molar-refractivity contribution < 1.29 is 5.11 Å². The van der Waals surface area contributed by atoms with E-state index in [1.54, 1.807) is 0 Å². The lowest BCUT2D eigenvalue weighted by Gasteiger charge is -2.21. The molecule has 0 aliphatic carbocycles. The van der Waals surface area contributed by atoms with Crippen LogP contribution in [-0.4, -0.2) is 10.7 Å². The first-order valence-electron chi connectivity index (χ1n) is 5.74. The number of hydrogen-bond acceptors (Lipinski definition) is 1. The van der Waals surface area contributed by atoms with Crippen molar-refractivity contribution in [2.45, 2.75) is 71.8 Å². The first-order valence-corrected chi connectivity index (χ1v) is 5.74. The lowest BCUT2D eigenvalue weighted by molar-refractivity contribution is 0.0433. The molecule has 0 spiro atoms. The summed E-state index contributed by atoms with van der Waals surface area (Å²) in [7, 11) is 0. The molecule has 2 atom stereocenters. The van der Waals surface area contributed by atoms with Gasteiger partial charge in [-0.25, -0.2) is 0 Å². The highest BCUT2D eigenvalue weighted by molar-refractivity contribution is 4.70. The van der Waals surface area contributed by atoms with E-state index in [4.69, 9.17) is 0 Å². The zero-order valence-corrected chi connectivity index (χ0v) is 9.77. The second kappa shape index (κ2) is 6.42. The highest BCUT2D eigenvalue weighted by atomic mass is 16.3. The maximum atomic E-state index is 9.77. The fourth-order valence-corrected chi connectivity index (χ4v) is 1.65. The average molecular weight is 186 g/mol. The minimum absolute atomic E-state index is 0.425. The predicted molar refractivity (Wildman–Crippen MR) is 58.8 cm³/mol. The van der Waals surface area contributed by atoms with Gasteiger partial charge >= 0.3 is 0 Å². The molecule has 2 unspecified atom stereocenters. The highest BCUT2D eigenvalue weighted by Crippen LogP contribution is 2.20. The summed E-state index contributed by atoms with van der Waals surface area (Å²) in [6, 6.07) is 0. The molecule has 0 aromatic rings. The van der Waals surface area contributed by atoms with E-state index in [1.165, 1.54) is 25.7 Å². The number of hydrogen-bond donors (Lipinski definition) is 1. The molecule has 1 N–H and O–H groups in total. The van der Waals surface area contributed by atoms with Crippen LogP contribution in [0.5, 0.6) is 0 Å². The highest BCUT2D eigenvalue weighted by Gasteiger charge is 2.16. The van der Waals surface area contributed by atoms with Crippen LogP contribution in [-0.2, 0) is 0 Å². The van der Waals surface area contributed by atoms with Crippen molar-refractivity contribution in [3.8, 4) is 0 Å². The Balaban J connectivity index is 3.44. The van der Waals surface area contributed by atoms with Gasteiger partial charge in [0.05, 0.1) is 5.60 Å². The van der Waals surface area contributed by atoms with Crippen molar-refractivity contribution in [2.75, 3.05) is 0 Å². The largest absolute Gasteiger partial charge is 0.390 e. The molecule has 0 aliphatic heterocycles. The predicted octanol–water partition coefficient (Wildman–Crippen LogP) is 3.75. The zero-order chi connectivity index (χ0) is 10.3. The normalized spacial score (nSPS) is 18.2. The van der Waals surface area contributed by atoms with Crippen LogP contribution < -0.4 is 0 Å². The van der Waals surface area contributed by atoms with Crippen LogP contribution >= 0.6 is 0 Å². The van der Waals surface area contributed by atoms with E-state index in [9.17, 15) is 5.11 Å². The van der Waals surface area contributed by atoms with Gasteiger partial charge in [-0.05, 0) is 25.7 Å². The Morgan fingerprint density at radius 3 is 2.31 bits per heavy atom. The molecule has 0 saturated heterocycles. The van der Waals surface area contributed by atoms with E-state index in [1.807, 2.05) is 6.92 Å². The summed E-state index contributed by atoms with van der Waals surface area (Å²) >= 11 is 0. The maximum Gasteiger partial charge on any atom is 0.0617 e. The SMILES string of the molecule is CCCC(C)CCCC(C)(O)CC. The van der Waals surface area contributed by atoms with Crippen molar-refractivity contribution in [1.29, 1.82) is 0 Å². The summed E-state index contributed by atoms with van der Waals surface area (Å²) < 4.78 is 0. The third-order valence-corrected chi connectivity index (χ3v) is 2.96. The zero-order valence-electron chi connectivity index (χ0n) is 9.77. The fraction of sp³-hybridized carbons (Fsp3) is 1.00. The molecule has 1 heteroatoms. The Bertz CT molecular complexity index is 118. The third kappa shape index (κ3) is 7.06. The summed E-state index contributed by atoms with van der Waals surface area (Å²) in [4.78, 5) is 0. The topological polar surface area (TPSA) is 20.2 Å². The minimum atomic E-state index is -0.425. The molecule has 0 aromatic carbocycles. The fourth-order valence-electron chi connectivity index (χ4n) is 1.65. The molecule has 0 bridgehead atoms. The molecule has 1 nitrogen and oxygen atoms in total. The first kappa shape index (κ1) is 13.0. The van der Waals surface area contributed by atoms with Crippen LogP contribution in [0.4, 0.5) is 0 Å².